The topological polar surface area (TPSA) is 26.3 Å². The fourth-order valence-corrected chi connectivity index (χ4v) is 7.30. The van der Waals surface area contributed by atoms with Crippen molar-refractivity contribution in [1.29, 1.82) is 0 Å². The molecular formula is C30H54O2. The van der Waals surface area contributed by atoms with Gasteiger partial charge < -0.3 is 4.74 Å². The maximum absolute atomic E-state index is 13.3. The Morgan fingerprint density at radius 3 is 1.94 bits per heavy atom. The van der Waals surface area contributed by atoms with Gasteiger partial charge in [0.25, 0.3) is 0 Å². The summed E-state index contributed by atoms with van der Waals surface area (Å²) in [4.78, 5) is 13.3. The highest BCUT2D eigenvalue weighted by Crippen LogP contribution is 2.49. The third-order valence-electron chi connectivity index (χ3n) is 9.80. The maximum atomic E-state index is 13.3. The van der Waals surface area contributed by atoms with Gasteiger partial charge in [-0.05, 0) is 87.4 Å². The number of hydrogen-bond donors (Lipinski definition) is 0. The Labute approximate surface area is 200 Å². The van der Waals surface area contributed by atoms with Gasteiger partial charge in [0.2, 0.25) is 0 Å². The summed E-state index contributed by atoms with van der Waals surface area (Å²) >= 11 is 0. The summed E-state index contributed by atoms with van der Waals surface area (Å²) in [5.41, 5.74) is -0.161. The first-order valence-corrected chi connectivity index (χ1v) is 14.7. The lowest BCUT2D eigenvalue weighted by Gasteiger charge is -2.43. The van der Waals surface area contributed by atoms with E-state index < -0.39 is 0 Å². The zero-order chi connectivity index (χ0) is 22.8. The summed E-state index contributed by atoms with van der Waals surface area (Å²) in [7, 11) is 0. The van der Waals surface area contributed by atoms with E-state index >= 15 is 0 Å². The Morgan fingerprint density at radius 1 is 0.750 bits per heavy atom. The normalized spacial score (nSPS) is 36.0. The molecular weight excluding hydrogens is 392 g/mol. The fraction of sp³-hybridized carbons (Fsp3) is 0.967. The lowest BCUT2D eigenvalue weighted by Crippen LogP contribution is -2.39. The molecule has 0 aliphatic heterocycles. The molecule has 0 aromatic carbocycles. The molecule has 186 valence electrons. The highest BCUT2D eigenvalue weighted by atomic mass is 16.5. The predicted octanol–water partition coefficient (Wildman–Crippen LogP) is 9.11. The number of carbonyl (C=O) groups excluding carboxylic acids is 1. The molecule has 0 aromatic rings. The summed E-state index contributed by atoms with van der Waals surface area (Å²) in [5.74, 6) is 4.72. The Hall–Kier alpha value is -0.530. The average Bonchev–Trinajstić information content (AvgIpc) is 2.83. The largest absolute Gasteiger partial charge is 0.465 e. The summed E-state index contributed by atoms with van der Waals surface area (Å²) in [5, 5.41) is 0. The average molecular weight is 447 g/mol. The van der Waals surface area contributed by atoms with Crippen molar-refractivity contribution in [1.82, 2.24) is 0 Å². The van der Waals surface area contributed by atoms with Gasteiger partial charge in [0.05, 0.1) is 12.0 Å². The monoisotopic (exact) mass is 446 g/mol. The van der Waals surface area contributed by atoms with Crippen LogP contribution in [0.4, 0.5) is 0 Å². The molecule has 0 unspecified atom stereocenters. The van der Waals surface area contributed by atoms with E-state index in [9.17, 15) is 4.79 Å². The van der Waals surface area contributed by atoms with Crippen LogP contribution in [0.2, 0.25) is 0 Å². The van der Waals surface area contributed by atoms with Crippen LogP contribution in [0.5, 0.6) is 0 Å². The SMILES string of the molecule is CCCCCC1CCC(CCC2(C(=O)OCCC)CCC(C3CCC(C)CC3)CC2)CC1. The molecule has 32 heavy (non-hydrogen) atoms. The predicted molar refractivity (Wildman–Crippen MR) is 136 cm³/mol. The molecule has 3 aliphatic carbocycles. The molecule has 0 spiro atoms. The van der Waals surface area contributed by atoms with Crippen molar-refractivity contribution in [3.63, 3.8) is 0 Å². The van der Waals surface area contributed by atoms with Crippen molar-refractivity contribution in [3.05, 3.63) is 0 Å². The zero-order valence-electron chi connectivity index (χ0n) is 21.8. The van der Waals surface area contributed by atoms with E-state index in [1.54, 1.807) is 0 Å². The molecule has 3 rings (SSSR count). The molecule has 0 aromatic heterocycles. The third kappa shape index (κ3) is 7.49. The summed E-state index contributed by atoms with van der Waals surface area (Å²) in [6, 6.07) is 0. The van der Waals surface area contributed by atoms with E-state index in [1.165, 1.54) is 96.3 Å². The number of esters is 1. The van der Waals surface area contributed by atoms with Gasteiger partial charge >= 0.3 is 5.97 Å². The summed E-state index contributed by atoms with van der Waals surface area (Å²) in [6.45, 7) is 7.44. The van der Waals surface area contributed by atoms with Crippen LogP contribution in [0, 0.1) is 35.0 Å². The van der Waals surface area contributed by atoms with Crippen LogP contribution in [-0.4, -0.2) is 12.6 Å². The van der Waals surface area contributed by atoms with Crippen molar-refractivity contribution in [2.75, 3.05) is 6.61 Å². The van der Waals surface area contributed by atoms with E-state index in [0.29, 0.717) is 6.61 Å². The number of unbranched alkanes of at least 4 members (excludes halogenated alkanes) is 2. The first-order valence-electron chi connectivity index (χ1n) is 14.7. The third-order valence-corrected chi connectivity index (χ3v) is 9.80. The van der Waals surface area contributed by atoms with Crippen molar-refractivity contribution in [3.8, 4) is 0 Å². The second-order valence-electron chi connectivity index (χ2n) is 12.2. The van der Waals surface area contributed by atoms with Crippen molar-refractivity contribution >= 4 is 5.97 Å². The van der Waals surface area contributed by atoms with E-state index in [-0.39, 0.29) is 11.4 Å². The standard InChI is InChI=1S/C30H54O2/c1-4-6-7-8-25-11-13-26(14-12-25)17-20-30(29(31)32-23-5-2)21-18-28(19-22-30)27-15-9-24(3)10-16-27/h24-28H,4-23H2,1-3H3. The maximum Gasteiger partial charge on any atom is 0.312 e. The minimum Gasteiger partial charge on any atom is -0.465 e. The highest BCUT2D eigenvalue weighted by Gasteiger charge is 2.44. The molecule has 3 saturated carbocycles. The number of rotatable bonds is 11. The van der Waals surface area contributed by atoms with Gasteiger partial charge in [-0.15, -0.1) is 0 Å². The lowest BCUT2D eigenvalue weighted by molar-refractivity contribution is -0.160. The fourth-order valence-electron chi connectivity index (χ4n) is 7.30. The van der Waals surface area contributed by atoms with E-state index in [1.807, 2.05) is 0 Å². The van der Waals surface area contributed by atoms with Crippen molar-refractivity contribution < 1.29 is 9.53 Å². The lowest BCUT2D eigenvalue weighted by atomic mass is 9.62. The van der Waals surface area contributed by atoms with Crippen molar-refractivity contribution in [2.45, 2.75) is 143 Å². The molecule has 2 heteroatoms. The van der Waals surface area contributed by atoms with Crippen LogP contribution in [0.1, 0.15) is 143 Å². The minimum absolute atomic E-state index is 0.156. The second-order valence-corrected chi connectivity index (χ2v) is 12.2. The van der Waals surface area contributed by atoms with Crippen LogP contribution in [0.3, 0.4) is 0 Å². The van der Waals surface area contributed by atoms with Gasteiger partial charge in [0.1, 0.15) is 0 Å². The highest BCUT2D eigenvalue weighted by molar-refractivity contribution is 5.77. The molecule has 0 heterocycles. The number of hydrogen-bond acceptors (Lipinski definition) is 2. The van der Waals surface area contributed by atoms with Gasteiger partial charge in [-0.25, -0.2) is 0 Å². The van der Waals surface area contributed by atoms with Gasteiger partial charge in [-0.3, -0.25) is 4.79 Å². The first kappa shape index (κ1) is 26.1. The Kier molecular flexibility index (Phi) is 10.9. The van der Waals surface area contributed by atoms with E-state index in [0.717, 1.165) is 55.3 Å². The molecule has 0 atom stereocenters. The Balaban J connectivity index is 1.49. The quantitative estimate of drug-likeness (QED) is 0.233. The van der Waals surface area contributed by atoms with Crippen LogP contribution in [-0.2, 0) is 9.53 Å². The van der Waals surface area contributed by atoms with Crippen LogP contribution in [0.15, 0.2) is 0 Å². The molecule has 0 radical (unpaired) electrons. The van der Waals surface area contributed by atoms with Gasteiger partial charge in [-0.1, -0.05) is 85.0 Å². The minimum atomic E-state index is -0.161. The van der Waals surface area contributed by atoms with Crippen LogP contribution in [0.25, 0.3) is 0 Å². The van der Waals surface area contributed by atoms with Gasteiger partial charge in [-0.2, -0.15) is 0 Å². The van der Waals surface area contributed by atoms with Crippen LogP contribution >= 0.6 is 0 Å². The molecule has 3 fully saturated rings. The van der Waals surface area contributed by atoms with Crippen molar-refractivity contribution in [2.24, 2.45) is 35.0 Å². The number of ether oxygens (including phenoxy) is 1. The Morgan fingerprint density at radius 2 is 1.34 bits per heavy atom. The Bertz CT molecular complexity index is 517. The molecule has 0 amide bonds. The van der Waals surface area contributed by atoms with E-state index in [2.05, 4.69) is 20.8 Å². The zero-order valence-corrected chi connectivity index (χ0v) is 21.8. The molecule has 0 N–H and O–H groups in total. The number of carbonyl (C=O) groups is 1. The molecule has 0 bridgehead atoms. The van der Waals surface area contributed by atoms with Crippen LogP contribution < -0.4 is 0 Å². The van der Waals surface area contributed by atoms with Gasteiger partial charge in [0, 0.05) is 0 Å². The summed E-state index contributed by atoms with van der Waals surface area (Å²) in [6.07, 6.45) is 25.0. The van der Waals surface area contributed by atoms with E-state index in [4.69, 9.17) is 4.74 Å². The molecule has 0 saturated heterocycles. The second kappa shape index (κ2) is 13.4. The van der Waals surface area contributed by atoms with Gasteiger partial charge in [0.15, 0.2) is 0 Å². The summed E-state index contributed by atoms with van der Waals surface area (Å²) < 4.78 is 5.80. The first-order chi connectivity index (χ1) is 15.6. The smallest absolute Gasteiger partial charge is 0.312 e. The molecule has 2 nitrogen and oxygen atoms in total. The molecule has 3 aliphatic rings.